The molecule has 3 aliphatic heterocycles. The minimum Gasteiger partial charge on any atom is -0.381 e. The fourth-order valence-corrected chi connectivity index (χ4v) is 5.16. The number of likely N-dealkylation sites (tertiary alicyclic amines) is 1. The number of ether oxygens (including phenoxy) is 1. The second-order valence-corrected chi connectivity index (χ2v) is 8.49. The second-order valence-electron chi connectivity index (χ2n) is 8.49. The first-order valence-corrected chi connectivity index (χ1v) is 10.4. The Morgan fingerprint density at radius 1 is 1.04 bits per heavy atom. The summed E-state index contributed by atoms with van der Waals surface area (Å²) in [6.45, 7) is 3.55. The third-order valence-electron chi connectivity index (χ3n) is 6.93. The summed E-state index contributed by atoms with van der Waals surface area (Å²) in [7, 11) is 0. The van der Waals surface area contributed by atoms with Gasteiger partial charge in [0, 0.05) is 56.8 Å². The normalized spacial score (nSPS) is 25.5. The van der Waals surface area contributed by atoms with E-state index in [0.717, 1.165) is 57.2 Å². The van der Waals surface area contributed by atoms with E-state index in [1.165, 1.54) is 5.69 Å². The highest BCUT2D eigenvalue weighted by atomic mass is 16.5. The van der Waals surface area contributed by atoms with Gasteiger partial charge in [-0.05, 0) is 38.5 Å². The van der Waals surface area contributed by atoms with Crippen molar-refractivity contribution in [2.45, 2.75) is 50.5 Å². The van der Waals surface area contributed by atoms with E-state index in [0.29, 0.717) is 32.2 Å². The third kappa shape index (κ3) is 2.87. The number of H-pyrrole nitrogens is 1. The zero-order valence-corrected chi connectivity index (χ0v) is 15.8. The van der Waals surface area contributed by atoms with Gasteiger partial charge < -0.3 is 19.5 Å². The molecule has 2 amide bonds. The van der Waals surface area contributed by atoms with Crippen LogP contribution in [0, 0.1) is 11.8 Å². The Kier molecular flexibility index (Phi) is 4.22. The number of nitrogens with zero attached hydrogens (tertiary/aromatic N) is 3. The number of carbonyl (C=O) groups is 2. The van der Waals surface area contributed by atoms with Gasteiger partial charge >= 0.3 is 0 Å². The largest absolute Gasteiger partial charge is 0.381 e. The van der Waals surface area contributed by atoms with Crippen LogP contribution in [-0.4, -0.2) is 64.4 Å². The number of piperidine rings is 1. The zero-order chi connectivity index (χ0) is 18.4. The summed E-state index contributed by atoms with van der Waals surface area (Å²) in [5.41, 5.74) is 1.87. The van der Waals surface area contributed by atoms with Crippen LogP contribution in [0.1, 0.15) is 49.9 Å². The molecule has 0 unspecified atom stereocenters. The predicted molar refractivity (Wildman–Crippen MR) is 97.8 cm³/mol. The molecule has 27 heavy (non-hydrogen) atoms. The number of amides is 2. The summed E-state index contributed by atoms with van der Waals surface area (Å²) >= 11 is 0. The highest BCUT2D eigenvalue weighted by Crippen LogP contribution is 2.45. The maximum Gasteiger partial charge on any atom is 0.226 e. The molecule has 1 aromatic heterocycles. The number of nitrogens with one attached hydrogen (secondary N) is 1. The lowest BCUT2D eigenvalue weighted by molar-refractivity contribution is -0.148. The molecule has 7 heteroatoms. The van der Waals surface area contributed by atoms with Crippen LogP contribution in [0.2, 0.25) is 0 Å². The average molecular weight is 372 g/mol. The van der Waals surface area contributed by atoms with Gasteiger partial charge in [0.25, 0.3) is 0 Å². The molecule has 3 fully saturated rings. The Labute approximate surface area is 159 Å². The van der Waals surface area contributed by atoms with Crippen molar-refractivity contribution in [2.75, 3.05) is 32.8 Å². The van der Waals surface area contributed by atoms with Gasteiger partial charge in [0.05, 0.1) is 17.6 Å². The standard InChI is InChI=1S/C20H28N4O3/c25-18(15-4-11-27-12-5-15)23-9-6-20(7-10-23)17-16(21-13-22-17)3-8-24(20)19(26)14-1-2-14/h13-15H,1-12H2,(H,21,22). The van der Waals surface area contributed by atoms with Gasteiger partial charge in [-0.1, -0.05) is 0 Å². The van der Waals surface area contributed by atoms with E-state index in [4.69, 9.17) is 4.74 Å². The van der Waals surface area contributed by atoms with Gasteiger partial charge in [0.2, 0.25) is 11.8 Å². The first-order chi connectivity index (χ1) is 13.2. The lowest BCUT2D eigenvalue weighted by atomic mass is 9.78. The first kappa shape index (κ1) is 17.2. The minimum atomic E-state index is -0.334. The number of fused-ring (bicyclic) bond motifs is 2. The highest BCUT2D eigenvalue weighted by Gasteiger charge is 2.51. The Morgan fingerprint density at radius 2 is 1.74 bits per heavy atom. The van der Waals surface area contributed by atoms with Crippen molar-refractivity contribution in [1.82, 2.24) is 19.8 Å². The molecule has 0 aromatic carbocycles. The van der Waals surface area contributed by atoms with Gasteiger partial charge in [-0.2, -0.15) is 0 Å². The molecule has 1 aromatic rings. The fraction of sp³-hybridized carbons (Fsp3) is 0.750. The van der Waals surface area contributed by atoms with E-state index >= 15 is 0 Å². The van der Waals surface area contributed by atoms with Crippen LogP contribution in [0.3, 0.4) is 0 Å². The molecule has 5 rings (SSSR count). The fourth-order valence-electron chi connectivity index (χ4n) is 5.16. The number of hydrogen-bond acceptors (Lipinski definition) is 4. The van der Waals surface area contributed by atoms with Gasteiger partial charge in [-0.15, -0.1) is 0 Å². The maximum atomic E-state index is 13.0. The molecular weight excluding hydrogens is 344 g/mol. The molecule has 4 heterocycles. The van der Waals surface area contributed by atoms with Crippen LogP contribution in [0.15, 0.2) is 6.33 Å². The molecule has 0 atom stereocenters. The Morgan fingerprint density at radius 3 is 2.44 bits per heavy atom. The van der Waals surface area contributed by atoms with E-state index < -0.39 is 0 Å². The molecule has 2 saturated heterocycles. The third-order valence-corrected chi connectivity index (χ3v) is 6.93. The van der Waals surface area contributed by atoms with Gasteiger partial charge in [0.1, 0.15) is 0 Å². The van der Waals surface area contributed by atoms with E-state index in [1.54, 1.807) is 6.33 Å². The van der Waals surface area contributed by atoms with E-state index in [2.05, 4.69) is 14.9 Å². The van der Waals surface area contributed by atoms with Crippen LogP contribution in [0.5, 0.6) is 0 Å². The van der Waals surface area contributed by atoms with Crippen molar-refractivity contribution < 1.29 is 14.3 Å². The topological polar surface area (TPSA) is 78.5 Å². The number of aromatic amines is 1. The lowest BCUT2D eigenvalue weighted by Gasteiger charge is -2.51. The van der Waals surface area contributed by atoms with Gasteiger partial charge in [0.15, 0.2) is 0 Å². The smallest absolute Gasteiger partial charge is 0.226 e. The summed E-state index contributed by atoms with van der Waals surface area (Å²) in [6, 6.07) is 0. The Hall–Kier alpha value is -1.89. The molecule has 1 N–H and O–H groups in total. The lowest BCUT2D eigenvalue weighted by Crippen LogP contribution is -2.59. The van der Waals surface area contributed by atoms with Crippen molar-refractivity contribution in [3.63, 3.8) is 0 Å². The van der Waals surface area contributed by atoms with Crippen molar-refractivity contribution >= 4 is 11.8 Å². The quantitative estimate of drug-likeness (QED) is 0.852. The van der Waals surface area contributed by atoms with E-state index in [9.17, 15) is 9.59 Å². The summed E-state index contributed by atoms with van der Waals surface area (Å²) in [4.78, 5) is 38.0. The van der Waals surface area contributed by atoms with Crippen LogP contribution in [-0.2, 0) is 26.3 Å². The van der Waals surface area contributed by atoms with E-state index in [-0.39, 0.29) is 23.3 Å². The summed E-state index contributed by atoms with van der Waals surface area (Å²) in [6.07, 6.45) is 7.89. The number of rotatable bonds is 2. The van der Waals surface area contributed by atoms with Crippen molar-refractivity contribution in [2.24, 2.45) is 11.8 Å². The summed E-state index contributed by atoms with van der Waals surface area (Å²) in [5.74, 6) is 0.882. The second kappa shape index (κ2) is 6.62. The molecule has 4 aliphatic rings. The molecule has 0 bridgehead atoms. The van der Waals surface area contributed by atoms with Crippen LogP contribution >= 0.6 is 0 Å². The summed E-state index contributed by atoms with van der Waals surface area (Å²) < 4.78 is 5.40. The predicted octanol–water partition coefficient (Wildman–Crippen LogP) is 1.45. The van der Waals surface area contributed by atoms with Gasteiger partial charge in [-0.25, -0.2) is 4.98 Å². The van der Waals surface area contributed by atoms with Crippen molar-refractivity contribution in [3.05, 3.63) is 17.7 Å². The molecule has 1 aliphatic carbocycles. The number of hydrogen-bond donors (Lipinski definition) is 1. The number of carbonyl (C=O) groups excluding carboxylic acids is 2. The molecule has 1 saturated carbocycles. The number of aromatic nitrogens is 2. The maximum absolute atomic E-state index is 13.0. The molecule has 146 valence electrons. The van der Waals surface area contributed by atoms with Crippen LogP contribution < -0.4 is 0 Å². The minimum absolute atomic E-state index is 0.101. The summed E-state index contributed by atoms with van der Waals surface area (Å²) in [5, 5.41) is 0. The van der Waals surface area contributed by atoms with Gasteiger partial charge in [-0.3, -0.25) is 9.59 Å². The Bertz CT molecular complexity index is 727. The average Bonchev–Trinajstić information content (AvgIpc) is 3.45. The molecule has 0 radical (unpaired) electrons. The zero-order valence-electron chi connectivity index (χ0n) is 15.8. The number of imidazole rings is 1. The Balaban J connectivity index is 1.36. The van der Waals surface area contributed by atoms with E-state index in [1.807, 2.05) is 4.90 Å². The van der Waals surface area contributed by atoms with Crippen molar-refractivity contribution in [3.8, 4) is 0 Å². The highest BCUT2D eigenvalue weighted by molar-refractivity contribution is 5.82. The molecule has 7 nitrogen and oxygen atoms in total. The monoisotopic (exact) mass is 372 g/mol. The SMILES string of the molecule is O=C(C1CCOCC1)N1CCC2(CC1)c1nc[nH]c1CCN2C(=O)C1CC1. The molecule has 1 spiro atoms. The first-order valence-electron chi connectivity index (χ1n) is 10.4. The van der Waals surface area contributed by atoms with Crippen LogP contribution in [0.4, 0.5) is 0 Å². The molecular formula is C20H28N4O3. The van der Waals surface area contributed by atoms with Crippen LogP contribution in [0.25, 0.3) is 0 Å². The van der Waals surface area contributed by atoms with Crippen molar-refractivity contribution in [1.29, 1.82) is 0 Å².